The summed E-state index contributed by atoms with van der Waals surface area (Å²) in [4.78, 5) is 0. The molecule has 90 valence electrons. The van der Waals surface area contributed by atoms with Crippen LogP contribution in [0.25, 0.3) is 0 Å². The Morgan fingerprint density at radius 1 is 1.31 bits per heavy atom. The number of ether oxygens (including phenoxy) is 1. The van der Waals surface area contributed by atoms with E-state index < -0.39 is 23.3 Å². The van der Waals surface area contributed by atoms with Crippen LogP contribution in [-0.2, 0) is 4.74 Å². The minimum atomic E-state index is -1.16. The van der Waals surface area contributed by atoms with E-state index in [0.717, 1.165) is 18.2 Å². The SMILES string of the molecule is CC(C)(C)OCC(O)c1cc(F)ccc1F. The van der Waals surface area contributed by atoms with Crippen LogP contribution in [0.5, 0.6) is 0 Å². The van der Waals surface area contributed by atoms with Crippen molar-refractivity contribution < 1.29 is 18.6 Å². The summed E-state index contributed by atoms with van der Waals surface area (Å²) in [6, 6.07) is 2.98. The van der Waals surface area contributed by atoms with Gasteiger partial charge >= 0.3 is 0 Å². The lowest BCUT2D eigenvalue weighted by Gasteiger charge is -2.22. The smallest absolute Gasteiger partial charge is 0.129 e. The molecule has 0 aliphatic rings. The summed E-state index contributed by atoms with van der Waals surface area (Å²) in [5.74, 6) is -1.21. The van der Waals surface area contributed by atoms with E-state index in [9.17, 15) is 13.9 Å². The van der Waals surface area contributed by atoms with Gasteiger partial charge in [0, 0.05) is 5.56 Å². The fourth-order valence-electron chi connectivity index (χ4n) is 1.19. The van der Waals surface area contributed by atoms with E-state index in [-0.39, 0.29) is 12.2 Å². The molecule has 0 saturated carbocycles. The molecule has 0 fully saturated rings. The molecule has 0 bridgehead atoms. The Labute approximate surface area is 93.9 Å². The normalized spacial score (nSPS) is 13.9. The van der Waals surface area contributed by atoms with Crippen LogP contribution >= 0.6 is 0 Å². The van der Waals surface area contributed by atoms with Crippen LogP contribution in [-0.4, -0.2) is 17.3 Å². The fourth-order valence-corrected chi connectivity index (χ4v) is 1.19. The van der Waals surface area contributed by atoms with Gasteiger partial charge in [0.05, 0.1) is 12.2 Å². The van der Waals surface area contributed by atoms with Crippen LogP contribution in [0.2, 0.25) is 0 Å². The van der Waals surface area contributed by atoms with Crippen molar-refractivity contribution in [3.05, 3.63) is 35.4 Å². The largest absolute Gasteiger partial charge is 0.386 e. The van der Waals surface area contributed by atoms with Crippen molar-refractivity contribution in [3.63, 3.8) is 0 Å². The number of halogens is 2. The topological polar surface area (TPSA) is 29.5 Å². The van der Waals surface area contributed by atoms with Crippen molar-refractivity contribution in [2.45, 2.75) is 32.5 Å². The second kappa shape index (κ2) is 4.89. The Morgan fingerprint density at radius 2 is 1.94 bits per heavy atom. The van der Waals surface area contributed by atoms with Gasteiger partial charge in [-0.2, -0.15) is 0 Å². The van der Waals surface area contributed by atoms with Crippen molar-refractivity contribution >= 4 is 0 Å². The van der Waals surface area contributed by atoms with Crippen molar-refractivity contribution in [1.29, 1.82) is 0 Å². The number of aliphatic hydroxyl groups is 1. The van der Waals surface area contributed by atoms with E-state index in [1.807, 2.05) is 20.8 Å². The van der Waals surface area contributed by atoms with Crippen LogP contribution in [0.1, 0.15) is 32.4 Å². The van der Waals surface area contributed by atoms with E-state index >= 15 is 0 Å². The molecular formula is C12H16F2O2. The van der Waals surface area contributed by atoms with E-state index in [4.69, 9.17) is 4.74 Å². The zero-order valence-electron chi connectivity index (χ0n) is 9.63. The molecule has 1 rings (SSSR count). The fraction of sp³-hybridized carbons (Fsp3) is 0.500. The van der Waals surface area contributed by atoms with Gasteiger partial charge in [-0.25, -0.2) is 8.78 Å². The average molecular weight is 230 g/mol. The molecule has 0 spiro atoms. The summed E-state index contributed by atoms with van der Waals surface area (Å²) in [6.45, 7) is 5.40. The summed E-state index contributed by atoms with van der Waals surface area (Å²) in [5.41, 5.74) is -0.505. The van der Waals surface area contributed by atoms with Gasteiger partial charge in [-0.1, -0.05) is 0 Å². The van der Waals surface area contributed by atoms with E-state index in [1.165, 1.54) is 0 Å². The Morgan fingerprint density at radius 3 is 2.50 bits per heavy atom. The number of rotatable bonds is 3. The van der Waals surface area contributed by atoms with Gasteiger partial charge in [0.1, 0.15) is 17.7 Å². The second-order valence-corrected chi connectivity index (χ2v) is 4.61. The van der Waals surface area contributed by atoms with Crippen molar-refractivity contribution in [3.8, 4) is 0 Å². The molecule has 1 unspecified atom stereocenters. The lowest BCUT2D eigenvalue weighted by atomic mass is 10.1. The third-order valence-electron chi connectivity index (χ3n) is 1.99. The quantitative estimate of drug-likeness (QED) is 0.865. The molecule has 0 aliphatic heterocycles. The van der Waals surface area contributed by atoms with Gasteiger partial charge in [-0.05, 0) is 39.0 Å². The van der Waals surface area contributed by atoms with Gasteiger partial charge < -0.3 is 9.84 Å². The maximum absolute atomic E-state index is 13.3. The van der Waals surface area contributed by atoms with Crippen LogP contribution in [0.4, 0.5) is 8.78 Å². The maximum atomic E-state index is 13.3. The molecule has 4 heteroatoms. The highest BCUT2D eigenvalue weighted by Gasteiger charge is 2.18. The number of benzene rings is 1. The summed E-state index contributed by atoms with van der Waals surface area (Å²) in [7, 11) is 0. The second-order valence-electron chi connectivity index (χ2n) is 4.61. The van der Waals surface area contributed by atoms with Gasteiger partial charge in [-0.15, -0.1) is 0 Å². The summed E-state index contributed by atoms with van der Waals surface area (Å²) in [5, 5.41) is 9.66. The number of aliphatic hydroxyl groups excluding tert-OH is 1. The molecule has 0 amide bonds. The molecule has 0 aromatic heterocycles. The molecule has 1 N–H and O–H groups in total. The first-order chi connectivity index (χ1) is 7.29. The van der Waals surface area contributed by atoms with Crippen LogP contribution < -0.4 is 0 Å². The van der Waals surface area contributed by atoms with Gasteiger partial charge in [0.25, 0.3) is 0 Å². The van der Waals surface area contributed by atoms with Crippen molar-refractivity contribution in [1.82, 2.24) is 0 Å². The zero-order valence-corrected chi connectivity index (χ0v) is 9.63. The summed E-state index contributed by atoms with van der Waals surface area (Å²) >= 11 is 0. The highest BCUT2D eigenvalue weighted by molar-refractivity contribution is 5.21. The number of hydrogen-bond donors (Lipinski definition) is 1. The Balaban J connectivity index is 2.73. The Bertz CT molecular complexity index is 359. The van der Waals surface area contributed by atoms with Crippen molar-refractivity contribution in [2.24, 2.45) is 0 Å². The lowest BCUT2D eigenvalue weighted by Crippen LogP contribution is -2.23. The molecule has 16 heavy (non-hydrogen) atoms. The van der Waals surface area contributed by atoms with E-state index in [2.05, 4.69) is 0 Å². The first-order valence-corrected chi connectivity index (χ1v) is 5.06. The first kappa shape index (κ1) is 13.1. The molecule has 1 aromatic carbocycles. The summed E-state index contributed by atoms with van der Waals surface area (Å²) in [6.07, 6.45) is -1.16. The van der Waals surface area contributed by atoms with Crippen molar-refractivity contribution in [2.75, 3.05) is 6.61 Å². The highest BCUT2D eigenvalue weighted by atomic mass is 19.1. The third kappa shape index (κ3) is 3.87. The predicted molar refractivity (Wildman–Crippen MR) is 57.0 cm³/mol. The molecule has 2 nitrogen and oxygen atoms in total. The minimum absolute atomic E-state index is 0.0656. The molecule has 0 saturated heterocycles. The molecule has 1 atom stereocenters. The minimum Gasteiger partial charge on any atom is -0.386 e. The van der Waals surface area contributed by atoms with Crippen LogP contribution in [0, 0.1) is 11.6 Å². The van der Waals surface area contributed by atoms with Gasteiger partial charge in [0.15, 0.2) is 0 Å². The van der Waals surface area contributed by atoms with Crippen LogP contribution in [0.15, 0.2) is 18.2 Å². The standard InChI is InChI=1S/C12H16F2O2/c1-12(2,3)16-7-11(15)9-6-8(13)4-5-10(9)14/h4-6,11,15H,7H2,1-3H3. The zero-order chi connectivity index (χ0) is 12.3. The summed E-state index contributed by atoms with van der Waals surface area (Å²) < 4.78 is 31.4. The number of hydrogen-bond acceptors (Lipinski definition) is 2. The maximum Gasteiger partial charge on any atom is 0.129 e. The molecule has 1 aromatic rings. The highest BCUT2D eigenvalue weighted by Crippen LogP contribution is 2.20. The lowest BCUT2D eigenvalue weighted by molar-refractivity contribution is -0.0504. The molecule has 0 aliphatic carbocycles. The first-order valence-electron chi connectivity index (χ1n) is 5.06. The van der Waals surface area contributed by atoms with Gasteiger partial charge in [0.2, 0.25) is 0 Å². The molecular weight excluding hydrogens is 214 g/mol. The Hall–Kier alpha value is -1.00. The van der Waals surface area contributed by atoms with E-state index in [0.29, 0.717) is 0 Å². The Kier molecular flexibility index (Phi) is 3.99. The average Bonchev–Trinajstić information content (AvgIpc) is 2.17. The molecule has 0 heterocycles. The third-order valence-corrected chi connectivity index (χ3v) is 1.99. The van der Waals surface area contributed by atoms with Crippen LogP contribution in [0.3, 0.4) is 0 Å². The molecule has 0 radical (unpaired) electrons. The predicted octanol–water partition coefficient (Wildman–Crippen LogP) is 2.81. The van der Waals surface area contributed by atoms with Gasteiger partial charge in [-0.3, -0.25) is 0 Å². The monoisotopic (exact) mass is 230 g/mol. The van der Waals surface area contributed by atoms with E-state index in [1.54, 1.807) is 0 Å².